The minimum Gasteiger partial charge on any atom is -0.504 e. The normalized spacial score (nSPS) is 12.4. The third kappa shape index (κ3) is 2.19. The van der Waals surface area contributed by atoms with Gasteiger partial charge in [0.2, 0.25) is 23.7 Å². The van der Waals surface area contributed by atoms with E-state index in [0.717, 1.165) is 0 Å². The van der Waals surface area contributed by atoms with Gasteiger partial charge in [0.1, 0.15) is 11.0 Å². The minimum absolute atomic E-state index is 0.0243. The van der Waals surface area contributed by atoms with E-state index < -0.39 is 11.2 Å². The van der Waals surface area contributed by atoms with E-state index in [1.807, 2.05) is 0 Å². The Morgan fingerprint density at radius 3 is 2.46 bits per heavy atom. The Morgan fingerprint density at radius 2 is 1.73 bits per heavy atom. The SMILES string of the molecule is COc1c(O)cc2oc(-c3ccc4c(c3)OCO4)c(O)c(=O)c2c1OC. The third-order valence-electron chi connectivity index (χ3n) is 4.09. The lowest BCUT2D eigenvalue weighted by atomic mass is 10.1. The number of ether oxygens (including phenoxy) is 4. The van der Waals surface area contributed by atoms with E-state index in [1.165, 1.54) is 20.3 Å². The highest BCUT2D eigenvalue weighted by molar-refractivity contribution is 5.91. The molecule has 1 aromatic heterocycles. The van der Waals surface area contributed by atoms with Crippen molar-refractivity contribution in [3.8, 4) is 45.8 Å². The van der Waals surface area contributed by atoms with E-state index in [4.69, 9.17) is 23.4 Å². The van der Waals surface area contributed by atoms with Crippen LogP contribution in [-0.4, -0.2) is 31.2 Å². The highest BCUT2D eigenvalue weighted by Gasteiger charge is 2.24. The van der Waals surface area contributed by atoms with Gasteiger partial charge in [0.25, 0.3) is 0 Å². The molecule has 1 aliphatic rings. The highest BCUT2D eigenvalue weighted by Crippen LogP contribution is 2.44. The molecule has 2 heterocycles. The molecule has 0 atom stereocenters. The summed E-state index contributed by atoms with van der Waals surface area (Å²) >= 11 is 0. The standard InChI is InChI=1S/C18H14O8/c1-22-17-9(19)6-12-13(18(17)23-2)14(20)15(21)16(26-12)8-3-4-10-11(5-8)25-7-24-10/h3-6,19,21H,7H2,1-2H3. The Hall–Kier alpha value is -3.55. The van der Waals surface area contributed by atoms with Gasteiger partial charge in [0.15, 0.2) is 28.8 Å². The molecule has 2 aromatic carbocycles. The van der Waals surface area contributed by atoms with Crippen molar-refractivity contribution in [1.29, 1.82) is 0 Å². The average Bonchev–Trinajstić information content (AvgIpc) is 3.11. The van der Waals surface area contributed by atoms with Crippen LogP contribution >= 0.6 is 0 Å². The van der Waals surface area contributed by atoms with Crippen molar-refractivity contribution in [2.45, 2.75) is 0 Å². The lowest BCUT2D eigenvalue weighted by molar-refractivity contribution is 0.174. The number of aromatic hydroxyl groups is 2. The fourth-order valence-electron chi connectivity index (χ4n) is 2.90. The number of phenolic OH excluding ortho intramolecular Hbond substituents is 1. The summed E-state index contributed by atoms with van der Waals surface area (Å²) in [6.45, 7) is 0.0945. The zero-order valence-corrected chi connectivity index (χ0v) is 13.9. The van der Waals surface area contributed by atoms with E-state index in [1.54, 1.807) is 18.2 Å². The zero-order valence-electron chi connectivity index (χ0n) is 13.9. The quantitative estimate of drug-likeness (QED) is 0.736. The van der Waals surface area contributed by atoms with Gasteiger partial charge in [-0.3, -0.25) is 4.79 Å². The summed E-state index contributed by atoms with van der Waals surface area (Å²) in [5, 5.41) is 20.5. The Balaban J connectivity index is 2.01. The maximum Gasteiger partial charge on any atom is 0.238 e. The highest BCUT2D eigenvalue weighted by atomic mass is 16.7. The number of rotatable bonds is 3. The van der Waals surface area contributed by atoms with Crippen LogP contribution in [0.1, 0.15) is 0 Å². The molecule has 0 amide bonds. The molecule has 0 saturated carbocycles. The van der Waals surface area contributed by atoms with Crippen LogP contribution in [0.4, 0.5) is 0 Å². The first-order chi connectivity index (χ1) is 12.5. The Labute approximate surface area is 146 Å². The first-order valence-corrected chi connectivity index (χ1v) is 7.59. The second-order valence-electron chi connectivity index (χ2n) is 5.51. The monoisotopic (exact) mass is 358 g/mol. The first-order valence-electron chi connectivity index (χ1n) is 7.59. The second-order valence-corrected chi connectivity index (χ2v) is 5.51. The van der Waals surface area contributed by atoms with Crippen LogP contribution in [0, 0.1) is 0 Å². The van der Waals surface area contributed by atoms with E-state index in [0.29, 0.717) is 17.1 Å². The number of phenols is 1. The maximum absolute atomic E-state index is 12.7. The molecule has 134 valence electrons. The summed E-state index contributed by atoms with van der Waals surface area (Å²) in [6, 6.07) is 6.09. The fourth-order valence-corrected chi connectivity index (χ4v) is 2.90. The van der Waals surface area contributed by atoms with Crippen LogP contribution in [-0.2, 0) is 0 Å². The van der Waals surface area contributed by atoms with Crippen molar-refractivity contribution < 1.29 is 33.6 Å². The Bertz CT molecular complexity index is 1080. The van der Waals surface area contributed by atoms with Crippen molar-refractivity contribution in [3.63, 3.8) is 0 Å². The van der Waals surface area contributed by atoms with Crippen LogP contribution in [0.5, 0.6) is 34.5 Å². The van der Waals surface area contributed by atoms with E-state index in [2.05, 4.69) is 0 Å². The molecule has 3 aromatic rings. The molecule has 2 N–H and O–H groups in total. The molecule has 1 aliphatic heterocycles. The largest absolute Gasteiger partial charge is 0.504 e. The van der Waals surface area contributed by atoms with E-state index in [-0.39, 0.29) is 40.8 Å². The molecule has 0 spiro atoms. The number of benzene rings is 2. The smallest absolute Gasteiger partial charge is 0.238 e. The third-order valence-corrected chi connectivity index (χ3v) is 4.09. The topological polar surface area (TPSA) is 108 Å². The molecule has 8 nitrogen and oxygen atoms in total. The van der Waals surface area contributed by atoms with Crippen molar-refractivity contribution in [3.05, 3.63) is 34.5 Å². The second kappa shape index (κ2) is 5.76. The maximum atomic E-state index is 12.7. The van der Waals surface area contributed by atoms with Gasteiger partial charge in [-0.25, -0.2) is 0 Å². The summed E-state index contributed by atoms with van der Waals surface area (Å²) < 4.78 is 26.5. The molecule has 26 heavy (non-hydrogen) atoms. The molecule has 8 heteroatoms. The molecule has 0 saturated heterocycles. The van der Waals surface area contributed by atoms with Crippen molar-refractivity contribution in [2.75, 3.05) is 21.0 Å². The Kier molecular flexibility index (Phi) is 3.54. The van der Waals surface area contributed by atoms with Crippen molar-refractivity contribution >= 4 is 11.0 Å². The molecule has 0 bridgehead atoms. The Morgan fingerprint density at radius 1 is 1.00 bits per heavy atom. The summed E-state index contributed by atoms with van der Waals surface area (Å²) in [5.74, 6) is 0.0590. The summed E-state index contributed by atoms with van der Waals surface area (Å²) in [7, 11) is 2.64. The lowest BCUT2D eigenvalue weighted by Gasteiger charge is -2.13. The molecular weight excluding hydrogens is 344 g/mol. The van der Waals surface area contributed by atoms with Crippen LogP contribution in [0.3, 0.4) is 0 Å². The number of hydrogen-bond acceptors (Lipinski definition) is 8. The molecule has 0 unspecified atom stereocenters. The van der Waals surface area contributed by atoms with Gasteiger partial charge in [-0.2, -0.15) is 0 Å². The van der Waals surface area contributed by atoms with Gasteiger partial charge in [0.05, 0.1) is 14.2 Å². The van der Waals surface area contributed by atoms with Gasteiger partial charge in [-0.1, -0.05) is 0 Å². The van der Waals surface area contributed by atoms with Crippen LogP contribution in [0.15, 0.2) is 33.5 Å². The fraction of sp³-hybridized carbons (Fsp3) is 0.167. The first kappa shape index (κ1) is 15.9. The predicted octanol–water partition coefficient (Wildman–Crippen LogP) is 2.62. The van der Waals surface area contributed by atoms with Gasteiger partial charge < -0.3 is 33.6 Å². The van der Waals surface area contributed by atoms with Crippen LogP contribution < -0.4 is 24.4 Å². The molecule has 0 fully saturated rings. The van der Waals surface area contributed by atoms with E-state index >= 15 is 0 Å². The van der Waals surface area contributed by atoms with Crippen LogP contribution in [0.2, 0.25) is 0 Å². The van der Waals surface area contributed by atoms with Gasteiger partial charge in [-0.15, -0.1) is 0 Å². The molecular formula is C18H14O8. The van der Waals surface area contributed by atoms with Crippen molar-refractivity contribution in [2.24, 2.45) is 0 Å². The molecule has 0 radical (unpaired) electrons. The lowest BCUT2D eigenvalue weighted by Crippen LogP contribution is -2.06. The van der Waals surface area contributed by atoms with E-state index in [9.17, 15) is 15.0 Å². The molecule has 0 aliphatic carbocycles. The van der Waals surface area contributed by atoms with Crippen LogP contribution in [0.25, 0.3) is 22.3 Å². The number of hydrogen-bond donors (Lipinski definition) is 2. The van der Waals surface area contributed by atoms with Gasteiger partial charge >= 0.3 is 0 Å². The summed E-state index contributed by atoms with van der Waals surface area (Å²) in [4.78, 5) is 12.7. The number of fused-ring (bicyclic) bond motifs is 2. The summed E-state index contributed by atoms with van der Waals surface area (Å²) in [5.41, 5.74) is -0.260. The predicted molar refractivity (Wildman–Crippen MR) is 90.5 cm³/mol. The average molecular weight is 358 g/mol. The van der Waals surface area contributed by atoms with Crippen molar-refractivity contribution in [1.82, 2.24) is 0 Å². The zero-order chi connectivity index (χ0) is 18.4. The summed E-state index contributed by atoms with van der Waals surface area (Å²) in [6.07, 6.45) is 0. The number of methoxy groups -OCH3 is 2. The molecule has 4 rings (SSSR count). The van der Waals surface area contributed by atoms with Gasteiger partial charge in [-0.05, 0) is 18.2 Å². The minimum atomic E-state index is -0.714. The van der Waals surface area contributed by atoms with Gasteiger partial charge in [0, 0.05) is 11.6 Å².